The second kappa shape index (κ2) is 17.5. The topological polar surface area (TPSA) is 66.8 Å². The van der Waals surface area contributed by atoms with E-state index in [1.165, 1.54) is 63.4 Å². The van der Waals surface area contributed by atoms with Crippen molar-refractivity contribution in [3.05, 3.63) is 35.9 Å². The Labute approximate surface area is 177 Å². The van der Waals surface area contributed by atoms with Gasteiger partial charge in [0.25, 0.3) is 0 Å². The lowest BCUT2D eigenvalue weighted by Crippen LogP contribution is -2.12. The molecule has 0 fully saturated rings. The van der Waals surface area contributed by atoms with Crippen LogP contribution in [0.15, 0.2) is 30.3 Å². The van der Waals surface area contributed by atoms with Crippen molar-refractivity contribution in [2.24, 2.45) is 0 Å². The van der Waals surface area contributed by atoms with Gasteiger partial charge in [-0.2, -0.15) is 0 Å². The van der Waals surface area contributed by atoms with Crippen LogP contribution in [0.4, 0.5) is 0 Å². The van der Waals surface area contributed by atoms with Crippen molar-refractivity contribution < 1.29 is 19.7 Å². The van der Waals surface area contributed by atoms with Crippen LogP contribution in [0.5, 0.6) is 0 Å². The van der Waals surface area contributed by atoms with Gasteiger partial charge in [0.1, 0.15) is 0 Å². The summed E-state index contributed by atoms with van der Waals surface area (Å²) in [7, 11) is 0. The van der Waals surface area contributed by atoms with E-state index in [0.29, 0.717) is 19.1 Å². The average molecular weight is 407 g/mol. The standard InChI is InChI=1S/C25H42O4/c1-22(29-21-23-17-13-11-14-18-23)16-12-9-7-5-3-2-4-6-8-10-15-19-24(26)20-25(27)28/h11,13-14,17-18,22,24,26H,2-10,12,15-16,19-21H2,1H3,(H,27,28). The van der Waals surface area contributed by atoms with Crippen LogP contribution in [0, 0.1) is 0 Å². The van der Waals surface area contributed by atoms with E-state index in [4.69, 9.17) is 9.84 Å². The molecule has 0 aliphatic carbocycles. The van der Waals surface area contributed by atoms with Gasteiger partial charge in [-0.05, 0) is 25.3 Å². The maximum atomic E-state index is 10.5. The molecule has 2 unspecified atom stereocenters. The Bertz CT molecular complexity index is 503. The first-order chi connectivity index (χ1) is 14.1. The minimum atomic E-state index is -0.914. The summed E-state index contributed by atoms with van der Waals surface area (Å²) in [5.41, 5.74) is 1.25. The van der Waals surface area contributed by atoms with Gasteiger partial charge in [-0.25, -0.2) is 0 Å². The number of benzene rings is 1. The maximum absolute atomic E-state index is 10.5. The molecule has 0 saturated heterocycles. The quantitative estimate of drug-likeness (QED) is 0.257. The van der Waals surface area contributed by atoms with Gasteiger partial charge in [-0.3, -0.25) is 4.79 Å². The van der Waals surface area contributed by atoms with E-state index in [-0.39, 0.29) is 6.42 Å². The largest absolute Gasteiger partial charge is 0.481 e. The molecule has 2 N–H and O–H groups in total. The summed E-state index contributed by atoms with van der Waals surface area (Å²) < 4.78 is 5.92. The molecule has 0 bridgehead atoms. The van der Waals surface area contributed by atoms with Crippen LogP contribution in [-0.4, -0.2) is 28.4 Å². The molecule has 4 nitrogen and oxygen atoms in total. The van der Waals surface area contributed by atoms with E-state index >= 15 is 0 Å². The molecule has 0 heterocycles. The zero-order valence-electron chi connectivity index (χ0n) is 18.4. The number of hydrogen-bond acceptors (Lipinski definition) is 3. The average Bonchev–Trinajstić information content (AvgIpc) is 2.70. The highest BCUT2D eigenvalue weighted by Crippen LogP contribution is 2.15. The predicted molar refractivity (Wildman–Crippen MR) is 119 cm³/mol. The molecule has 1 aromatic carbocycles. The zero-order chi connectivity index (χ0) is 21.2. The molecule has 0 aliphatic heterocycles. The van der Waals surface area contributed by atoms with Gasteiger partial charge in [-0.1, -0.05) is 101 Å². The molecule has 0 aliphatic rings. The van der Waals surface area contributed by atoms with E-state index in [0.717, 1.165) is 19.3 Å². The van der Waals surface area contributed by atoms with Crippen molar-refractivity contribution in [1.29, 1.82) is 0 Å². The van der Waals surface area contributed by atoms with Crippen LogP contribution in [0.25, 0.3) is 0 Å². The van der Waals surface area contributed by atoms with E-state index in [2.05, 4.69) is 31.2 Å². The number of aliphatic hydroxyl groups excluding tert-OH is 1. The highest BCUT2D eigenvalue weighted by atomic mass is 16.5. The molecule has 0 amide bonds. The number of aliphatic hydroxyl groups is 1. The van der Waals surface area contributed by atoms with Gasteiger partial charge < -0.3 is 14.9 Å². The molecule has 1 rings (SSSR count). The number of unbranched alkanes of at least 4 members (excludes halogenated alkanes) is 10. The lowest BCUT2D eigenvalue weighted by atomic mass is 10.0. The van der Waals surface area contributed by atoms with Gasteiger partial charge in [0.05, 0.1) is 25.2 Å². The molecule has 29 heavy (non-hydrogen) atoms. The summed E-state index contributed by atoms with van der Waals surface area (Å²) in [5.74, 6) is -0.914. The van der Waals surface area contributed by atoms with Crippen molar-refractivity contribution in [2.45, 2.75) is 116 Å². The molecular formula is C25H42O4. The van der Waals surface area contributed by atoms with Crippen molar-refractivity contribution in [1.82, 2.24) is 0 Å². The van der Waals surface area contributed by atoms with E-state index < -0.39 is 12.1 Å². The summed E-state index contributed by atoms with van der Waals surface area (Å²) in [4.78, 5) is 10.5. The number of carboxylic acid groups (broad SMARTS) is 1. The van der Waals surface area contributed by atoms with Gasteiger partial charge in [0, 0.05) is 0 Å². The first kappa shape index (κ1) is 25.6. The number of ether oxygens (including phenoxy) is 1. The van der Waals surface area contributed by atoms with E-state index in [9.17, 15) is 9.90 Å². The first-order valence-electron chi connectivity index (χ1n) is 11.6. The molecule has 4 heteroatoms. The number of carboxylic acids is 1. The smallest absolute Gasteiger partial charge is 0.305 e. The van der Waals surface area contributed by atoms with E-state index in [1.807, 2.05) is 6.07 Å². The Kier molecular flexibility index (Phi) is 15.4. The van der Waals surface area contributed by atoms with Crippen LogP contribution in [-0.2, 0) is 16.1 Å². The summed E-state index contributed by atoms with van der Waals surface area (Å²) in [6.07, 6.45) is 14.9. The summed E-state index contributed by atoms with van der Waals surface area (Å²) in [6.45, 7) is 2.89. The molecule has 0 saturated carbocycles. The number of aliphatic carboxylic acids is 1. The van der Waals surface area contributed by atoms with Crippen LogP contribution in [0.3, 0.4) is 0 Å². The third kappa shape index (κ3) is 16.1. The van der Waals surface area contributed by atoms with Gasteiger partial charge in [0.2, 0.25) is 0 Å². The fourth-order valence-electron chi connectivity index (χ4n) is 3.60. The van der Waals surface area contributed by atoms with Crippen molar-refractivity contribution in [3.8, 4) is 0 Å². The molecule has 166 valence electrons. The fourth-order valence-corrected chi connectivity index (χ4v) is 3.60. The summed E-state index contributed by atoms with van der Waals surface area (Å²) in [6, 6.07) is 10.4. The fraction of sp³-hybridized carbons (Fsp3) is 0.720. The molecule has 0 aromatic heterocycles. The second-order valence-corrected chi connectivity index (χ2v) is 8.33. The number of hydrogen-bond donors (Lipinski definition) is 2. The van der Waals surface area contributed by atoms with E-state index in [1.54, 1.807) is 0 Å². The highest BCUT2D eigenvalue weighted by molar-refractivity contribution is 5.67. The highest BCUT2D eigenvalue weighted by Gasteiger charge is 2.08. The van der Waals surface area contributed by atoms with Crippen molar-refractivity contribution in [3.63, 3.8) is 0 Å². The maximum Gasteiger partial charge on any atom is 0.305 e. The zero-order valence-corrected chi connectivity index (χ0v) is 18.4. The molecular weight excluding hydrogens is 364 g/mol. The Hall–Kier alpha value is -1.39. The molecule has 0 spiro atoms. The minimum Gasteiger partial charge on any atom is -0.481 e. The third-order valence-corrected chi connectivity index (χ3v) is 5.44. The van der Waals surface area contributed by atoms with Gasteiger partial charge in [-0.15, -0.1) is 0 Å². The summed E-state index contributed by atoms with van der Waals surface area (Å²) in [5, 5.41) is 18.1. The molecule has 2 atom stereocenters. The summed E-state index contributed by atoms with van der Waals surface area (Å²) >= 11 is 0. The Morgan fingerprint density at radius 1 is 0.828 bits per heavy atom. The Morgan fingerprint density at radius 2 is 1.31 bits per heavy atom. The number of rotatable bonds is 19. The van der Waals surface area contributed by atoms with Crippen molar-refractivity contribution >= 4 is 5.97 Å². The Balaban J connectivity index is 1.79. The minimum absolute atomic E-state index is 0.125. The van der Waals surface area contributed by atoms with Crippen LogP contribution in [0.1, 0.15) is 102 Å². The lowest BCUT2D eigenvalue weighted by molar-refractivity contribution is -0.139. The number of carbonyl (C=O) groups is 1. The predicted octanol–water partition coefficient (Wildman–Crippen LogP) is 6.50. The Morgan fingerprint density at radius 3 is 1.83 bits per heavy atom. The van der Waals surface area contributed by atoms with Crippen LogP contribution >= 0.6 is 0 Å². The monoisotopic (exact) mass is 406 g/mol. The molecule has 1 aromatic rings. The SMILES string of the molecule is CC(CCCCCCCCCCCCCC(O)CC(=O)O)OCc1ccccc1. The second-order valence-electron chi connectivity index (χ2n) is 8.33. The van der Waals surface area contributed by atoms with Gasteiger partial charge in [0.15, 0.2) is 0 Å². The van der Waals surface area contributed by atoms with Gasteiger partial charge >= 0.3 is 5.97 Å². The first-order valence-corrected chi connectivity index (χ1v) is 11.6. The lowest BCUT2D eigenvalue weighted by Gasteiger charge is -2.13. The van der Waals surface area contributed by atoms with Crippen molar-refractivity contribution in [2.75, 3.05) is 0 Å². The third-order valence-electron chi connectivity index (χ3n) is 5.44. The molecule has 0 radical (unpaired) electrons. The normalized spacial score (nSPS) is 13.3. The van der Waals surface area contributed by atoms with Crippen LogP contribution < -0.4 is 0 Å². The van der Waals surface area contributed by atoms with Crippen LogP contribution in [0.2, 0.25) is 0 Å².